The summed E-state index contributed by atoms with van der Waals surface area (Å²) in [4.78, 5) is 10.8. The number of ether oxygens (including phenoxy) is 2. The number of hydrogen-bond acceptors (Lipinski definition) is 4. The van der Waals surface area contributed by atoms with E-state index >= 15 is 0 Å². The van der Waals surface area contributed by atoms with Crippen LogP contribution in [0.2, 0.25) is 0 Å². The normalized spacial score (nSPS) is 17.2. The van der Waals surface area contributed by atoms with Gasteiger partial charge in [-0.3, -0.25) is 0 Å². The van der Waals surface area contributed by atoms with E-state index in [-0.39, 0.29) is 11.0 Å². The van der Waals surface area contributed by atoms with Crippen molar-refractivity contribution in [3.8, 4) is 5.75 Å². The summed E-state index contributed by atoms with van der Waals surface area (Å²) in [6.45, 7) is 3.89. The molecule has 1 aliphatic rings. The van der Waals surface area contributed by atoms with E-state index in [0.29, 0.717) is 31.3 Å². The van der Waals surface area contributed by atoms with Gasteiger partial charge in [0.15, 0.2) is 0 Å². The molecule has 17 heavy (non-hydrogen) atoms. The van der Waals surface area contributed by atoms with Gasteiger partial charge in [-0.05, 0) is 12.1 Å². The molecule has 1 saturated heterocycles. The van der Waals surface area contributed by atoms with E-state index in [0.717, 1.165) is 0 Å². The number of anilines is 1. The molecular formula is C12H15NO4. The lowest BCUT2D eigenvalue weighted by Gasteiger charge is -2.37. The summed E-state index contributed by atoms with van der Waals surface area (Å²) < 4.78 is 10.7. The topological polar surface area (TPSA) is 81.8 Å². The second-order valence-electron chi connectivity index (χ2n) is 4.69. The molecule has 1 fully saturated rings. The van der Waals surface area contributed by atoms with Crippen LogP contribution in [0.5, 0.6) is 5.75 Å². The Morgan fingerprint density at radius 3 is 2.76 bits per heavy atom. The number of carboxylic acids is 1. The van der Waals surface area contributed by atoms with Crippen molar-refractivity contribution >= 4 is 11.7 Å². The molecular weight excluding hydrogens is 222 g/mol. The first kappa shape index (κ1) is 11.7. The lowest BCUT2D eigenvalue weighted by molar-refractivity contribution is -0.120. The number of benzene rings is 1. The van der Waals surface area contributed by atoms with Crippen LogP contribution in [0.15, 0.2) is 18.2 Å². The average molecular weight is 237 g/mol. The van der Waals surface area contributed by atoms with Gasteiger partial charge in [0, 0.05) is 17.2 Å². The predicted octanol–water partition coefficient (Wildman–Crippen LogP) is 1.38. The van der Waals surface area contributed by atoms with E-state index < -0.39 is 5.97 Å². The van der Waals surface area contributed by atoms with Crippen LogP contribution in [0.4, 0.5) is 5.69 Å². The first-order chi connectivity index (χ1) is 7.98. The summed E-state index contributed by atoms with van der Waals surface area (Å²) in [5.74, 6) is -0.532. The molecule has 1 aromatic rings. The van der Waals surface area contributed by atoms with Gasteiger partial charge in [-0.1, -0.05) is 6.92 Å². The lowest BCUT2D eigenvalue weighted by atomic mass is 9.90. The van der Waals surface area contributed by atoms with Crippen molar-refractivity contribution in [2.75, 3.05) is 25.6 Å². The van der Waals surface area contributed by atoms with E-state index in [1.807, 2.05) is 0 Å². The minimum Gasteiger partial charge on any atom is -0.493 e. The van der Waals surface area contributed by atoms with Crippen LogP contribution in [0, 0.1) is 5.41 Å². The minimum atomic E-state index is -1.01. The molecule has 5 heteroatoms. The van der Waals surface area contributed by atoms with Crippen molar-refractivity contribution in [2.45, 2.75) is 6.92 Å². The Labute approximate surface area is 99.1 Å². The van der Waals surface area contributed by atoms with Crippen LogP contribution in [-0.2, 0) is 4.74 Å². The van der Waals surface area contributed by atoms with Crippen LogP contribution in [0.3, 0.4) is 0 Å². The maximum atomic E-state index is 10.8. The fourth-order valence-electron chi connectivity index (χ4n) is 1.62. The van der Waals surface area contributed by atoms with Crippen LogP contribution in [0.25, 0.3) is 0 Å². The number of carbonyl (C=O) groups is 1. The third kappa shape index (κ3) is 2.68. The van der Waals surface area contributed by atoms with E-state index in [2.05, 4.69) is 6.92 Å². The van der Waals surface area contributed by atoms with Gasteiger partial charge in [0.05, 0.1) is 25.4 Å². The fraction of sp³-hybridized carbons (Fsp3) is 0.417. The number of nitrogen functional groups attached to an aromatic ring is 1. The highest BCUT2D eigenvalue weighted by Gasteiger charge is 2.34. The molecule has 0 atom stereocenters. The number of hydrogen-bond donors (Lipinski definition) is 2. The van der Waals surface area contributed by atoms with Crippen molar-refractivity contribution in [3.05, 3.63) is 23.8 Å². The largest absolute Gasteiger partial charge is 0.493 e. The predicted molar refractivity (Wildman–Crippen MR) is 62.2 cm³/mol. The Kier molecular flexibility index (Phi) is 2.93. The zero-order valence-electron chi connectivity index (χ0n) is 9.60. The minimum absolute atomic E-state index is 0.0218. The van der Waals surface area contributed by atoms with E-state index in [1.165, 1.54) is 12.1 Å². The van der Waals surface area contributed by atoms with Gasteiger partial charge in [-0.2, -0.15) is 0 Å². The van der Waals surface area contributed by atoms with Gasteiger partial charge in [-0.25, -0.2) is 4.79 Å². The van der Waals surface area contributed by atoms with Gasteiger partial charge < -0.3 is 20.3 Å². The third-order valence-electron chi connectivity index (χ3n) is 2.66. The van der Waals surface area contributed by atoms with Crippen LogP contribution < -0.4 is 10.5 Å². The fourth-order valence-corrected chi connectivity index (χ4v) is 1.62. The lowest BCUT2D eigenvalue weighted by Crippen LogP contribution is -2.44. The summed E-state index contributed by atoms with van der Waals surface area (Å²) in [5.41, 5.74) is 6.16. The molecule has 3 N–H and O–H groups in total. The Morgan fingerprint density at radius 2 is 2.24 bits per heavy atom. The molecule has 5 nitrogen and oxygen atoms in total. The summed E-state index contributed by atoms with van der Waals surface area (Å²) in [7, 11) is 0. The van der Waals surface area contributed by atoms with Crippen LogP contribution >= 0.6 is 0 Å². The number of carboxylic acid groups (broad SMARTS) is 1. The molecule has 0 amide bonds. The molecule has 0 radical (unpaired) electrons. The Hall–Kier alpha value is -1.75. The average Bonchev–Trinajstić information content (AvgIpc) is 2.23. The molecule has 0 aliphatic carbocycles. The zero-order chi connectivity index (χ0) is 12.5. The first-order valence-corrected chi connectivity index (χ1v) is 5.33. The van der Waals surface area contributed by atoms with Gasteiger partial charge in [0.25, 0.3) is 0 Å². The zero-order valence-corrected chi connectivity index (χ0v) is 9.60. The van der Waals surface area contributed by atoms with E-state index in [9.17, 15) is 4.79 Å². The summed E-state index contributed by atoms with van der Waals surface area (Å²) in [6.07, 6.45) is 0. The van der Waals surface area contributed by atoms with E-state index in [1.54, 1.807) is 6.07 Å². The first-order valence-electron chi connectivity index (χ1n) is 5.33. The number of aromatic carboxylic acids is 1. The quantitative estimate of drug-likeness (QED) is 0.773. The Balaban J connectivity index is 2.07. The SMILES string of the molecule is CC1(COc2cc(N)cc(C(=O)O)c2)COC1. The van der Waals surface area contributed by atoms with Crippen LogP contribution in [-0.4, -0.2) is 30.9 Å². The van der Waals surface area contributed by atoms with Crippen molar-refractivity contribution in [1.82, 2.24) is 0 Å². The van der Waals surface area contributed by atoms with Crippen molar-refractivity contribution in [2.24, 2.45) is 5.41 Å². The number of nitrogens with two attached hydrogens (primary N) is 1. The number of rotatable bonds is 4. The Morgan fingerprint density at radius 1 is 1.53 bits per heavy atom. The molecule has 1 heterocycles. The van der Waals surface area contributed by atoms with Crippen molar-refractivity contribution in [3.63, 3.8) is 0 Å². The van der Waals surface area contributed by atoms with Crippen LogP contribution in [0.1, 0.15) is 17.3 Å². The second-order valence-corrected chi connectivity index (χ2v) is 4.69. The molecule has 92 valence electrons. The van der Waals surface area contributed by atoms with Crippen molar-refractivity contribution < 1.29 is 19.4 Å². The molecule has 0 bridgehead atoms. The smallest absolute Gasteiger partial charge is 0.335 e. The van der Waals surface area contributed by atoms with Gasteiger partial charge in [0.1, 0.15) is 5.75 Å². The molecule has 0 unspecified atom stereocenters. The van der Waals surface area contributed by atoms with Gasteiger partial charge in [0.2, 0.25) is 0 Å². The second kappa shape index (κ2) is 4.25. The highest BCUT2D eigenvalue weighted by molar-refractivity contribution is 5.89. The maximum absolute atomic E-state index is 10.8. The molecule has 0 aromatic heterocycles. The monoisotopic (exact) mass is 237 g/mol. The summed E-state index contributed by atoms with van der Waals surface area (Å²) >= 11 is 0. The Bertz CT molecular complexity index is 440. The molecule has 2 rings (SSSR count). The third-order valence-corrected chi connectivity index (χ3v) is 2.66. The molecule has 1 aromatic carbocycles. The summed E-state index contributed by atoms with van der Waals surface area (Å²) in [5, 5.41) is 8.89. The van der Waals surface area contributed by atoms with Gasteiger partial charge >= 0.3 is 5.97 Å². The van der Waals surface area contributed by atoms with Crippen molar-refractivity contribution in [1.29, 1.82) is 0 Å². The highest BCUT2D eigenvalue weighted by Crippen LogP contribution is 2.28. The molecule has 0 saturated carbocycles. The highest BCUT2D eigenvalue weighted by atomic mass is 16.5. The van der Waals surface area contributed by atoms with Gasteiger partial charge in [-0.15, -0.1) is 0 Å². The standard InChI is InChI=1S/C12H15NO4/c1-12(5-16-6-12)7-17-10-3-8(11(14)15)2-9(13)4-10/h2-4H,5-7,13H2,1H3,(H,14,15). The molecule has 0 spiro atoms. The van der Waals surface area contributed by atoms with E-state index in [4.69, 9.17) is 20.3 Å². The maximum Gasteiger partial charge on any atom is 0.335 e. The summed E-state index contributed by atoms with van der Waals surface area (Å²) in [6, 6.07) is 4.50. The molecule has 1 aliphatic heterocycles.